The summed E-state index contributed by atoms with van der Waals surface area (Å²) in [5, 5.41) is 5.57. The van der Waals surface area contributed by atoms with E-state index in [9.17, 15) is 13.2 Å². The summed E-state index contributed by atoms with van der Waals surface area (Å²) >= 11 is 12.4. The number of aryl methyl sites for hydroxylation is 1. The molecule has 0 saturated carbocycles. The maximum atomic E-state index is 12.4. The summed E-state index contributed by atoms with van der Waals surface area (Å²) in [6, 6.07) is 16.7. The SMILES string of the molecule is CCCCCS(=O)(=O)NC(=O)CCc1cc(OCc2ccccc2)nn1Cc1ccc(Cl)cc1Cl. The highest BCUT2D eigenvalue weighted by Crippen LogP contribution is 2.24. The van der Waals surface area contributed by atoms with Crippen molar-refractivity contribution < 1.29 is 17.9 Å². The molecule has 0 saturated heterocycles. The molecule has 1 aromatic heterocycles. The Morgan fingerprint density at radius 1 is 1.09 bits per heavy atom. The van der Waals surface area contributed by atoms with Crippen molar-refractivity contribution in [2.45, 2.75) is 52.2 Å². The number of carbonyl (C=O) groups is 1. The number of rotatable bonds is 13. The average Bonchev–Trinajstić information content (AvgIpc) is 3.20. The molecule has 0 aliphatic carbocycles. The fourth-order valence-corrected chi connectivity index (χ4v) is 5.04. The van der Waals surface area contributed by atoms with Crippen molar-refractivity contribution in [2.24, 2.45) is 0 Å². The van der Waals surface area contributed by atoms with E-state index < -0.39 is 15.9 Å². The van der Waals surface area contributed by atoms with Crippen LogP contribution in [0.5, 0.6) is 5.88 Å². The van der Waals surface area contributed by atoms with E-state index in [4.69, 9.17) is 27.9 Å². The number of hydrogen-bond donors (Lipinski definition) is 1. The van der Waals surface area contributed by atoms with Gasteiger partial charge in [0.1, 0.15) is 6.61 Å². The van der Waals surface area contributed by atoms with Crippen LogP contribution in [0.3, 0.4) is 0 Å². The molecule has 0 atom stereocenters. The quantitative estimate of drug-likeness (QED) is 0.295. The first kappa shape index (κ1) is 27.0. The van der Waals surface area contributed by atoms with Crippen molar-refractivity contribution in [3.63, 3.8) is 0 Å². The van der Waals surface area contributed by atoms with E-state index in [-0.39, 0.29) is 18.6 Å². The van der Waals surface area contributed by atoms with Gasteiger partial charge >= 0.3 is 0 Å². The fraction of sp³-hybridized carbons (Fsp3) is 0.360. The zero-order valence-electron chi connectivity index (χ0n) is 19.5. The van der Waals surface area contributed by atoms with E-state index in [1.165, 1.54) is 0 Å². The molecule has 0 unspecified atom stereocenters. The Hall–Kier alpha value is -2.55. The molecule has 1 heterocycles. The summed E-state index contributed by atoms with van der Waals surface area (Å²) in [5.74, 6) is -0.205. The maximum absolute atomic E-state index is 12.4. The summed E-state index contributed by atoms with van der Waals surface area (Å²) in [5.41, 5.74) is 2.52. The smallest absolute Gasteiger partial charge is 0.234 e. The van der Waals surface area contributed by atoms with Gasteiger partial charge in [-0.05, 0) is 36.1 Å². The molecule has 3 rings (SSSR count). The van der Waals surface area contributed by atoms with E-state index in [0.29, 0.717) is 35.5 Å². The number of aromatic nitrogens is 2. The lowest BCUT2D eigenvalue weighted by Gasteiger charge is -2.10. The highest BCUT2D eigenvalue weighted by Gasteiger charge is 2.17. The number of hydrogen-bond acceptors (Lipinski definition) is 5. The van der Waals surface area contributed by atoms with Gasteiger partial charge in [-0.3, -0.25) is 14.2 Å². The number of nitrogens with one attached hydrogen (secondary N) is 1. The minimum Gasteiger partial charge on any atom is -0.472 e. The van der Waals surface area contributed by atoms with Crippen molar-refractivity contribution in [1.29, 1.82) is 0 Å². The number of halogens is 2. The molecule has 0 radical (unpaired) electrons. The Morgan fingerprint density at radius 2 is 1.86 bits per heavy atom. The Kier molecular flexibility index (Phi) is 10.0. The van der Waals surface area contributed by atoms with Crippen LogP contribution >= 0.6 is 23.2 Å². The van der Waals surface area contributed by atoms with Crippen LogP contribution in [0.1, 0.15) is 49.4 Å². The topological polar surface area (TPSA) is 90.3 Å². The molecule has 2 aromatic carbocycles. The van der Waals surface area contributed by atoms with Crippen LogP contribution in [0, 0.1) is 0 Å². The number of amides is 1. The number of carbonyl (C=O) groups excluding carboxylic acids is 1. The van der Waals surface area contributed by atoms with Crippen molar-refractivity contribution in [1.82, 2.24) is 14.5 Å². The maximum Gasteiger partial charge on any atom is 0.234 e. The predicted molar refractivity (Wildman–Crippen MR) is 138 cm³/mol. The largest absolute Gasteiger partial charge is 0.472 e. The van der Waals surface area contributed by atoms with Gasteiger partial charge in [0.05, 0.1) is 12.3 Å². The van der Waals surface area contributed by atoms with Gasteiger partial charge in [0, 0.05) is 28.2 Å². The van der Waals surface area contributed by atoms with Gasteiger partial charge < -0.3 is 4.74 Å². The standard InChI is InChI=1S/C25H29Cl2N3O4S/c1-2-3-7-14-35(32,33)29-24(31)13-12-22-16-25(34-18-19-8-5-4-6-9-19)28-30(22)17-20-10-11-21(26)15-23(20)27/h4-6,8-11,15-16H,2-3,7,12-14,17-18H2,1H3,(H,29,31). The second-order valence-corrected chi connectivity index (χ2v) is 10.9. The minimum absolute atomic E-state index is 0.00875. The molecule has 7 nitrogen and oxygen atoms in total. The summed E-state index contributed by atoms with van der Waals surface area (Å²) in [7, 11) is -3.64. The molecule has 0 spiro atoms. The Balaban J connectivity index is 1.70. The average molecular weight is 538 g/mol. The third kappa shape index (κ3) is 8.87. The summed E-state index contributed by atoms with van der Waals surface area (Å²) in [6.45, 7) is 2.68. The van der Waals surface area contributed by atoms with Crippen LogP contribution in [0.4, 0.5) is 0 Å². The van der Waals surface area contributed by atoms with Crippen molar-refractivity contribution >= 4 is 39.1 Å². The predicted octanol–water partition coefficient (Wildman–Crippen LogP) is 5.39. The lowest BCUT2D eigenvalue weighted by molar-refractivity contribution is -0.119. The Bertz CT molecular complexity index is 1230. The van der Waals surface area contributed by atoms with Crippen LogP contribution in [0.25, 0.3) is 0 Å². The lowest BCUT2D eigenvalue weighted by atomic mass is 10.2. The van der Waals surface area contributed by atoms with Crippen LogP contribution in [0.15, 0.2) is 54.6 Å². The number of ether oxygens (including phenoxy) is 1. The normalized spacial score (nSPS) is 11.4. The second-order valence-electron chi connectivity index (χ2n) is 8.19. The van der Waals surface area contributed by atoms with E-state index in [2.05, 4.69) is 9.82 Å². The van der Waals surface area contributed by atoms with Gasteiger partial charge in [0.25, 0.3) is 0 Å². The van der Waals surface area contributed by atoms with Crippen molar-refractivity contribution in [2.75, 3.05) is 5.75 Å². The lowest BCUT2D eigenvalue weighted by Crippen LogP contribution is -2.32. The summed E-state index contributed by atoms with van der Waals surface area (Å²) < 4.78 is 34.0. The first-order valence-electron chi connectivity index (χ1n) is 11.5. The van der Waals surface area contributed by atoms with Crippen LogP contribution in [0.2, 0.25) is 10.0 Å². The molecule has 35 heavy (non-hydrogen) atoms. The van der Waals surface area contributed by atoms with E-state index >= 15 is 0 Å². The molecule has 1 N–H and O–H groups in total. The zero-order valence-corrected chi connectivity index (χ0v) is 21.9. The van der Waals surface area contributed by atoms with Crippen molar-refractivity contribution in [3.05, 3.63) is 81.5 Å². The van der Waals surface area contributed by atoms with Gasteiger partial charge in [-0.1, -0.05) is 79.4 Å². The van der Waals surface area contributed by atoms with Gasteiger partial charge in [0.15, 0.2) is 0 Å². The molecule has 0 aliphatic rings. The van der Waals surface area contributed by atoms with Gasteiger partial charge in [0.2, 0.25) is 21.8 Å². The Morgan fingerprint density at radius 3 is 2.57 bits per heavy atom. The third-order valence-electron chi connectivity index (χ3n) is 5.30. The third-order valence-corrected chi connectivity index (χ3v) is 7.25. The molecule has 0 aliphatic heterocycles. The highest BCUT2D eigenvalue weighted by atomic mass is 35.5. The van der Waals surface area contributed by atoms with Crippen LogP contribution in [-0.4, -0.2) is 29.9 Å². The number of unbranched alkanes of at least 4 members (excludes halogenated alkanes) is 2. The van der Waals surface area contributed by atoms with Gasteiger partial charge in [-0.2, -0.15) is 0 Å². The van der Waals surface area contributed by atoms with E-state index in [1.54, 1.807) is 22.9 Å². The van der Waals surface area contributed by atoms with Gasteiger partial charge in [-0.15, -0.1) is 5.10 Å². The number of nitrogens with zero attached hydrogens (tertiary/aromatic N) is 2. The van der Waals surface area contributed by atoms with E-state index in [1.807, 2.05) is 43.3 Å². The molecule has 10 heteroatoms. The molecular formula is C25H29Cl2N3O4S. The molecule has 1 amide bonds. The molecule has 3 aromatic rings. The highest BCUT2D eigenvalue weighted by molar-refractivity contribution is 7.90. The second kappa shape index (κ2) is 13.0. The zero-order chi connectivity index (χ0) is 25.3. The van der Waals surface area contributed by atoms with Crippen molar-refractivity contribution in [3.8, 4) is 5.88 Å². The Labute approximate surface area is 216 Å². The minimum atomic E-state index is -3.64. The molecular weight excluding hydrogens is 509 g/mol. The molecule has 0 fully saturated rings. The monoisotopic (exact) mass is 537 g/mol. The molecule has 0 bridgehead atoms. The van der Waals surface area contributed by atoms with Gasteiger partial charge in [-0.25, -0.2) is 8.42 Å². The summed E-state index contributed by atoms with van der Waals surface area (Å²) in [4.78, 5) is 12.4. The van der Waals surface area contributed by atoms with Crippen LogP contribution < -0.4 is 9.46 Å². The number of benzene rings is 2. The first-order chi connectivity index (χ1) is 16.8. The van der Waals surface area contributed by atoms with Crippen LogP contribution in [-0.2, 0) is 34.4 Å². The fourth-order valence-electron chi connectivity index (χ4n) is 3.44. The number of sulfonamides is 1. The molecule has 188 valence electrons. The first-order valence-corrected chi connectivity index (χ1v) is 13.9. The van der Waals surface area contributed by atoms with E-state index in [0.717, 1.165) is 29.7 Å². The summed E-state index contributed by atoms with van der Waals surface area (Å²) in [6.07, 6.45) is 2.50.